The minimum absolute atomic E-state index is 0.0966. The Bertz CT molecular complexity index is 411. The number of halogens is 1. The van der Waals surface area contributed by atoms with Crippen molar-refractivity contribution >= 4 is 27.3 Å². The van der Waals surface area contributed by atoms with Crippen LogP contribution in [0.2, 0.25) is 0 Å². The summed E-state index contributed by atoms with van der Waals surface area (Å²) in [4.78, 5) is 0. The molecular weight excluding hydrogens is 276 g/mol. The second kappa shape index (κ2) is 4.49. The molecule has 1 atom stereocenters. The summed E-state index contributed by atoms with van der Waals surface area (Å²) in [5.74, 6) is 6.37. The van der Waals surface area contributed by atoms with Gasteiger partial charge in [0.2, 0.25) is 0 Å². The van der Waals surface area contributed by atoms with Crippen LogP contribution in [0.1, 0.15) is 22.9 Å². The molecule has 0 amide bonds. The standard InChI is InChI=1S/C10H11BrN2OS/c1-6-4-15-5-7(6)9(13-12)10-8(11)2-3-14-10/h2-5,9,13H,12H2,1H3. The summed E-state index contributed by atoms with van der Waals surface area (Å²) < 4.78 is 6.34. The van der Waals surface area contributed by atoms with Crippen molar-refractivity contribution in [3.05, 3.63) is 44.4 Å². The van der Waals surface area contributed by atoms with Crippen molar-refractivity contribution in [2.75, 3.05) is 0 Å². The molecule has 15 heavy (non-hydrogen) atoms. The van der Waals surface area contributed by atoms with Crippen molar-refractivity contribution in [3.63, 3.8) is 0 Å². The second-order valence-corrected chi connectivity index (χ2v) is 4.84. The molecule has 0 spiro atoms. The van der Waals surface area contributed by atoms with Crippen molar-refractivity contribution < 1.29 is 4.42 Å². The quantitative estimate of drug-likeness (QED) is 0.674. The maximum Gasteiger partial charge on any atom is 0.140 e. The van der Waals surface area contributed by atoms with Gasteiger partial charge in [-0.3, -0.25) is 5.84 Å². The van der Waals surface area contributed by atoms with E-state index in [1.165, 1.54) is 5.56 Å². The molecule has 2 aromatic rings. The van der Waals surface area contributed by atoms with Crippen molar-refractivity contribution in [1.29, 1.82) is 0 Å². The van der Waals surface area contributed by atoms with E-state index in [1.54, 1.807) is 17.6 Å². The molecule has 2 heterocycles. The summed E-state index contributed by atoms with van der Waals surface area (Å²) in [6, 6.07) is 1.77. The van der Waals surface area contributed by atoms with Gasteiger partial charge in [-0.15, -0.1) is 0 Å². The number of furan rings is 1. The minimum Gasteiger partial charge on any atom is -0.466 e. The predicted molar refractivity (Wildman–Crippen MR) is 64.6 cm³/mol. The van der Waals surface area contributed by atoms with Gasteiger partial charge >= 0.3 is 0 Å². The third-order valence-electron chi connectivity index (χ3n) is 2.28. The number of hydrogen-bond donors (Lipinski definition) is 2. The van der Waals surface area contributed by atoms with Crippen LogP contribution in [-0.2, 0) is 0 Å². The lowest BCUT2D eigenvalue weighted by molar-refractivity contribution is 0.449. The maximum absolute atomic E-state index is 5.57. The van der Waals surface area contributed by atoms with Gasteiger partial charge in [-0.25, -0.2) is 5.43 Å². The first-order chi connectivity index (χ1) is 7.24. The fourth-order valence-corrected chi connectivity index (χ4v) is 2.79. The van der Waals surface area contributed by atoms with Gasteiger partial charge in [-0.05, 0) is 50.8 Å². The Morgan fingerprint density at radius 3 is 2.80 bits per heavy atom. The fraction of sp³-hybridized carbons (Fsp3) is 0.200. The first-order valence-corrected chi connectivity index (χ1v) is 6.19. The Kier molecular flexibility index (Phi) is 3.25. The molecule has 0 bridgehead atoms. The average Bonchev–Trinajstić information content (AvgIpc) is 2.80. The van der Waals surface area contributed by atoms with Crippen LogP contribution in [0.15, 0.2) is 32.0 Å². The molecule has 80 valence electrons. The number of aryl methyl sites for hydroxylation is 1. The molecule has 1 unspecified atom stereocenters. The number of nitrogens with two attached hydrogens (primary N) is 1. The highest BCUT2D eigenvalue weighted by Gasteiger charge is 2.20. The lowest BCUT2D eigenvalue weighted by atomic mass is 10.1. The Morgan fingerprint density at radius 1 is 1.53 bits per heavy atom. The first-order valence-electron chi connectivity index (χ1n) is 4.45. The van der Waals surface area contributed by atoms with Crippen LogP contribution in [0, 0.1) is 6.92 Å². The zero-order valence-electron chi connectivity index (χ0n) is 8.16. The van der Waals surface area contributed by atoms with E-state index in [9.17, 15) is 0 Å². The Morgan fingerprint density at radius 2 is 2.33 bits per heavy atom. The highest BCUT2D eigenvalue weighted by molar-refractivity contribution is 9.10. The molecule has 0 aliphatic rings. The Labute approximate surface area is 100 Å². The predicted octanol–water partition coefficient (Wildman–Crippen LogP) is 2.96. The lowest BCUT2D eigenvalue weighted by Gasteiger charge is -2.13. The highest BCUT2D eigenvalue weighted by atomic mass is 79.9. The molecule has 2 aromatic heterocycles. The van der Waals surface area contributed by atoms with Gasteiger partial charge in [0.05, 0.1) is 10.7 Å². The molecule has 0 saturated heterocycles. The molecular formula is C10H11BrN2OS. The summed E-state index contributed by atoms with van der Waals surface area (Å²) in [6.45, 7) is 2.06. The van der Waals surface area contributed by atoms with Crippen LogP contribution in [0.3, 0.4) is 0 Å². The van der Waals surface area contributed by atoms with E-state index >= 15 is 0 Å². The fourth-order valence-electron chi connectivity index (χ4n) is 1.48. The maximum atomic E-state index is 5.57. The van der Waals surface area contributed by atoms with Crippen molar-refractivity contribution in [2.24, 2.45) is 5.84 Å². The largest absolute Gasteiger partial charge is 0.466 e. The molecule has 5 heteroatoms. The summed E-state index contributed by atoms with van der Waals surface area (Å²) in [5.41, 5.74) is 5.14. The Hall–Kier alpha value is -0.620. The molecule has 3 nitrogen and oxygen atoms in total. The van der Waals surface area contributed by atoms with E-state index in [-0.39, 0.29) is 6.04 Å². The van der Waals surface area contributed by atoms with Gasteiger partial charge in [0.1, 0.15) is 11.8 Å². The van der Waals surface area contributed by atoms with Crippen LogP contribution >= 0.6 is 27.3 Å². The highest BCUT2D eigenvalue weighted by Crippen LogP contribution is 2.31. The van der Waals surface area contributed by atoms with E-state index in [4.69, 9.17) is 10.3 Å². The van der Waals surface area contributed by atoms with Crippen LogP contribution in [-0.4, -0.2) is 0 Å². The van der Waals surface area contributed by atoms with Gasteiger partial charge in [0, 0.05) is 0 Å². The number of hydrazine groups is 1. The zero-order valence-corrected chi connectivity index (χ0v) is 10.6. The normalized spacial score (nSPS) is 13.0. The molecule has 0 saturated carbocycles. The zero-order chi connectivity index (χ0) is 10.8. The van der Waals surface area contributed by atoms with Gasteiger partial charge in [-0.2, -0.15) is 11.3 Å². The van der Waals surface area contributed by atoms with Gasteiger partial charge < -0.3 is 4.42 Å². The summed E-state index contributed by atoms with van der Waals surface area (Å²) >= 11 is 5.09. The first kappa shape index (κ1) is 10.9. The van der Waals surface area contributed by atoms with E-state index in [2.05, 4.69) is 39.0 Å². The van der Waals surface area contributed by atoms with Gasteiger partial charge in [0.15, 0.2) is 0 Å². The molecule has 0 aromatic carbocycles. The van der Waals surface area contributed by atoms with Crippen LogP contribution in [0.4, 0.5) is 0 Å². The molecule has 0 fully saturated rings. The van der Waals surface area contributed by atoms with E-state index in [1.807, 2.05) is 6.07 Å². The lowest BCUT2D eigenvalue weighted by Crippen LogP contribution is -2.28. The number of thiophene rings is 1. The third-order valence-corrected chi connectivity index (χ3v) is 3.81. The summed E-state index contributed by atoms with van der Waals surface area (Å²) in [6.07, 6.45) is 1.64. The molecule has 3 N–H and O–H groups in total. The number of nitrogens with one attached hydrogen (secondary N) is 1. The summed E-state index contributed by atoms with van der Waals surface area (Å²) in [5, 5.41) is 4.17. The molecule has 0 aliphatic heterocycles. The summed E-state index contributed by atoms with van der Waals surface area (Å²) in [7, 11) is 0. The molecule has 0 aliphatic carbocycles. The van der Waals surface area contributed by atoms with E-state index in [0.717, 1.165) is 15.8 Å². The molecule has 0 radical (unpaired) electrons. The van der Waals surface area contributed by atoms with Crippen LogP contribution in [0.5, 0.6) is 0 Å². The number of hydrogen-bond acceptors (Lipinski definition) is 4. The van der Waals surface area contributed by atoms with Crippen LogP contribution < -0.4 is 11.3 Å². The third kappa shape index (κ3) is 2.01. The topological polar surface area (TPSA) is 51.2 Å². The van der Waals surface area contributed by atoms with Crippen molar-refractivity contribution in [2.45, 2.75) is 13.0 Å². The smallest absolute Gasteiger partial charge is 0.140 e. The Balaban J connectivity index is 2.41. The average molecular weight is 287 g/mol. The van der Waals surface area contributed by atoms with Crippen LogP contribution in [0.25, 0.3) is 0 Å². The molecule has 2 rings (SSSR count). The van der Waals surface area contributed by atoms with Gasteiger partial charge in [-0.1, -0.05) is 0 Å². The van der Waals surface area contributed by atoms with E-state index < -0.39 is 0 Å². The number of rotatable bonds is 3. The van der Waals surface area contributed by atoms with E-state index in [0.29, 0.717) is 0 Å². The monoisotopic (exact) mass is 286 g/mol. The van der Waals surface area contributed by atoms with Gasteiger partial charge in [0.25, 0.3) is 0 Å². The second-order valence-electron chi connectivity index (χ2n) is 3.24. The minimum atomic E-state index is -0.0966. The van der Waals surface area contributed by atoms with Crippen molar-refractivity contribution in [1.82, 2.24) is 5.43 Å². The SMILES string of the molecule is Cc1cscc1C(NN)c1occc1Br. The van der Waals surface area contributed by atoms with Crippen molar-refractivity contribution in [3.8, 4) is 0 Å².